The third-order valence-corrected chi connectivity index (χ3v) is 5.93. The zero-order valence-corrected chi connectivity index (χ0v) is 20.8. The lowest BCUT2D eigenvalue weighted by atomic mass is 9.85. The third kappa shape index (κ3) is 9.08. The van der Waals surface area contributed by atoms with E-state index in [0.717, 1.165) is 11.1 Å². The van der Waals surface area contributed by atoms with Gasteiger partial charge < -0.3 is 20.1 Å². The van der Waals surface area contributed by atoms with E-state index in [0.29, 0.717) is 32.1 Å². The molecule has 0 spiro atoms. The molecular formula is C28H36N2O5. The molecule has 7 nitrogen and oxygen atoms in total. The third-order valence-electron chi connectivity index (χ3n) is 5.93. The first-order chi connectivity index (χ1) is 16.7. The number of hydrogen-bond acceptors (Lipinski definition) is 5. The highest BCUT2D eigenvalue weighted by molar-refractivity contribution is 5.86. The van der Waals surface area contributed by atoms with Gasteiger partial charge in [-0.15, -0.1) is 0 Å². The molecule has 0 unspecified atom stereocenters. The van der Waals surface area contributed by atoms with Gasteiger partial charge in [0.2, 0.25) is 5.91 Å². The number of esters is 1. The molecule has 188 valence electrons. The lowest BCUT2D eigenvalue weighted by molar-refractivity contribution is -0.149. The Morgan fingerprint density at radius 3 is 2.03 bits per heavy atom. The maximum Gasteiger partial charge on any atom is 0.407 e. The molecule has 0 aromatic heterocycles. The Morgan fingerprint density at radius 1 is 0.886 bits per heavy atom. The van der Waals surface area contributed by atoms with Gasteiger partial charge in [0.25, 0.3) is 0 Å². The van der Waals surface area contributed by atoms with Crippen LogP contribution in [0.1, 0.15) is 57.6 Å². The van der Waals surface area contributed by atoms with Crippen LogP contribution in [-0.2, 0) is 32.1 Å². The molecule has 1 aliphatic carbocycles. The van der Waals surface area contributed by atoms with Crippen LogP contribution in [0.2, 0.25) is 0 Å². The highest BCUT2D eigenvalue weighted by Crippen LogP contribution is 2.25. The first kappa shape index (κ1) is 26.3. The van der Waals surface area contributed by atoms with Crippen LogP contribution in [0.15, 0.2) is 60.7 Å². The predicted octanol–water partition coefficient (Wildman–Crippen LogP) is 4.54. The summed E-state index contributed by atoms with van der Waals surface area (Å²) in [5.41, 5.74) is 1.28. The van der Waals surface area contributed by atoms with Crippen LogP contribution in [0.25, 0.3) is 0 Å². The van der Waals surface area contributed by atoms with Gasteiger partial charge in [-0.25, -0.2) is 9.59 Å². The van der Waals surface area contributed by atoms with Crippen molar-refractivity contribution in [2.75, 3.05) is 0 Å². The van der Waals surface area contributed by atoms with Crippen LogP contribution in [0.4, 0.5) is 4.79 Å². The monoisotopic (exact) mass is 480 g/mol. The molecule has 1 saturated carbocycles. The molecular weight excluding hydrogens is 444 g/mol. The van der Waals surface area contributed by atoms with Gasteiger partial charge in [-0.1, -0.05) is 60.7 Å². The topological polar surface area (TPSA) is 93.7 Å². The van der Waals surface area contributed by atoms with E-state index in [4.69, 9.17) is 9.47 Å². The minimum absolute atomic E-state index is 0.0233. The van der Waals surface area contributed by atoms with Gasteiger partial charge in [0.1, 0.15) is 18.2 Å². The van der Waals surface area contributed by atoms with Gasteiger partial charge in [-0.2, -0.15) is 0 Å². The summed E-state index contributed by atoms with van der Waals surface area (Å²) < 4.78 is 10.9. The Bertz CT molecular complexity index is 964. The van der Waals surface area contributed by atoms with E-state index in [9.17, 15) is 14.4 Å². The molecule has 0 saturated heterocycles. The van der Waals surface area contributed by atoms with Gasteiger partial charge in [0.05, 0.1) is 0 Å². The van der Waals surface area contributed by atoms with Gasteiger partial charge in [-0.05, 0) is 57.6 Å². The average molecular weight is 481 g/mol. The molecule has 3 rings (SSSR count). The number of nitrogens with one attached hydrogen (secondary N) is 2. The normalized spacial score (nSPS) is 18.7. The van der Waals surface area contributed by atoms with Crippen molar-refractivity contribution in [3.8, 4) is 0 Å². The first-order valence-corrected chi connectivity index (χ1v) is 12.2. The highest BCUT2D eigenvalue weighted by atomic mass is 16.6. The summed E-state index contributed by atoms with van der Waals surface area (Å²) >= 11 is 0. The van der Waals surface area contributed by atoms with E-state index in [1.807, 2.05) is 81.4 Å². The molecule has 2 N–H and O–H groups in total. The van der Waals surface area contributed by atoms with Crippen LogP contribution in [-0.4, -0.2) is 35.7 Å². The Balaban J connectivity index is 1.55. The molecule has 1 aliphatic rings. The summed E-state index contributed by atoms with van der Waals surface area (Å²) in [7, 11) is 0. The standard InChI is InChI=1S/C28H36N2O5/c1-28(2,3)35-27(33)29-23-16-14-22(15-17-23)25(31)30-24(18-20-10-6-4-7-11-20)26(32)34-19-21-12-8-5-9-13-21/h4-13,22-24H,14-19H2,1-3H3,(H,29,33)(H,30,31)/t22?,23?,24-/m0/s1. The molecule has 2 aromatic rings. The quantitative estimate of drug-likeness (QED) is 0.541. The molecule has 0 radical (unpaired) electrons. The molecule has 7 heteroatoms. The number of alkyl carbamates (subject to hydrolysis) is 1. The van der Waals surface area contributed by atoms with Gasteiger partial charge in [0, 0.05) is 18.4 Å². The number of carbonyl (C=O) groups is 3. The van der Waals surface area contributed by atoms with E-state index >= 15 is 0 Å². The van der Waals surface area contributed by atoms with Gasteiger partial charge in [-0.3, -0.25) is 4.79 Å². The van der Waals surface area contributed by atoms with Crippen molar-refractivity contribution in [2.24, 2.45) is 5.92 Å². The van der Waals surface area contributed by atoms with Crippen molar-refractivity contribution in [1.82, 2.24) is 10.6 Å². The summed E-state index contributed by atoms with van der Waals surface area (Å²) in [5.74, 6) is -0.823. The number of ether oxygens (including phenoxy) is 2. The molecule has 1 fully saturated rings. The summed E-state index contributed by atoms with van der Waals surface area (Å²) in [5, 5.41) is 5.82. The average Bonchev–Trinajstić information content (AvgIpc) is 2.82. The zero-order valence-electron chi connectivity index (χ0n) is 20.8. The number of rotatable bonds is 8. The van der Waals surface area contributed by atoms with Crippen molar-refractivity contribution in [3.05, 3.63) is 71.8 Å². The summed E-state index contributed by atoms with van der Waals surface area (Å²) in [6.07, 6.45) is 2.54. The number of hydrogen-bond donors (Lipinski definition) is 2. The fourth-order valence-corrected chi connectivity index (χ4v) is 4.14. The van der Waals surface area contributed by atoms with Gasteiger partial charge in [0.15, 0.2) is 0 Å². The number of carbonyl (C=O) groups excluding carboxylic acids is 3. The van der Waals surface area contributed by atoms with Crippen LogP contribution < -0.4 is 10.6 Å². The predicted molar refractivity (Wildman–Crippen MR) is 133 cm³/mol. The number of amides is 2. The Labute approximate surface area is 207 Å². The SMILES string of the molecule is CC(C)(C)OC(=O)NC1CCC(C(=O)N[C@@H](Cc2ccccc2)C(=O)OCc2ccccc2)CC1. The molecule has 2 aromatic carbocycles. The van der Waals surface area contributed by atoms with Crippen LogP contribution >= 0.6 is 0 Å². The summed E-state index contributed by atoms with van der Waals surface area (Å²) in [6.45, 7) is 5.63. The van der Waals surface area contributed by atoms with E-state index in [1.54, 1.807) is 0 Å². The molecule has 0 heterocycles. The largest absolute Gasteiger partial charge is 0.459 e. The van der Waals surface area contributed by atoms with E-state index in [-0.39, 0.29) is 24.5 Å². The van der Waals surface area contributed by atoms with Crippen molar-refractivity contribution >= 4 is 18.0 Å². The number of benzene rings is 2. The van der Waals surface area contributed by atoms with Gasteiger partial charge >= 0.3 is 12.1 Å². The van der Waals surface area contributed by atoms with Crippen molar-refractivity contribution in [1.29, 1.82) is 0 Å². The molecule has 1 atom stereocenters. The molecule has 0 aliphatic heterocycles. The first-order valence-electron chi connectivity index (χ1n) is 12.2. The van der Waals surface area contributed by atoms with Crippen molar-refractivity contribution in [3.63, 3.8) is 0 Å². The van der Waals surface area contributed by atoms with Crippen LogP contribution in [0, 0.1) is 5.92 Å². The van der Waals surface area contributed by atoms with E-state index in [1.165, 1.54) is 0 Å². The second-order valence-corrected chi connectivity index (χ2v) is 10.0. The Kier molecular flexibility index (Phi) is 9.29. The van der Waals surface area contributed by atoms with Crippen molar-refractivity contribution in [2.45, 2.75) is 77.2 Å². The Hall–Kier alpha value is -3.35. The molecule has 35 heavy (non-hydrogen) atoms. The maximum absolute atomic E-state index is 13.1. The smallest absolute Gasteiger partial charge is 0.407 e. The van der Waals surface area contributed by atoms with E-state index < -0.39 is 23.7 Å². The second-order valence-electron chi connectivity index (χ2n) is 10.0. The van der Waals surface area contributed by atoms with Crippen molar-refractivity contribution < 1.29 is 23.9 Å². The zero-order chi connectivity index (χ0) is 25.3. The minimum Gasteiger partial charge on any atom is -0.459 e. The summed E-state index contributed by atoms with van der Waals surface area (Å²) in [4.78, 5) is 38.0. The Morgan fingerprint density at radius 2 is 1.46 bits per heavy atom. The second kappa shape index (κ2) is 12.4. The maximum atomic E-state index is 13.1. The lowest BCUT2D eigenvalue weighted by Gasteiger charge is -2.30. The summed E-state index contributed by atoms with van der Waals surface area (Å²) in [6, 6.07) is 18.2. The van der Waals surface area contributed by atoms with Crippen LogP contribution in [0.5, 0.6) is 0 Å². The fourth-order valence-electron chi connectivity index (χ4n) is 4.14. The lowest BCUT2D eigenvalue weighted by Crippen LogP contribution is -2.47. The molecule has 2 amide bonds. The minimum atomic E-state index is -0.772. The fraction of sp³-hybridized carbons (Fsp3) is 0.464. The van der Waals surface area contributed by atoms with Crippen LogP contribution in [0.3, 0.4) is 0 Å². The van der Waals surface area contributed by atoms with E-state index in [2.05, 4.69) is 10.6 Å². The molecule has 0 bridgehead atoms. The highest BCUT2D eigenvalue weighted by Gasteiger charge is 2.31.